The molecule has 0 aromatic rings. The summed E-state index contributed by atoms with van der Waals surface area (Å²) in [5, 5.41) is 21.6. The van der Waals surface area contributed by atoms with Crippen LogP contribution in [0.1, 0.15) is 72.6 Å². The number of rotatable bonds is 10. The van der Waals surface area contributed by atoms with Gasteiger partial charge in [-0.2, -0.15) is 0 Å². The van der Waals surface area contributed by atoms with Gasteiger partial charge in [-0.1, -0.05) is 58.6 Å². The number of aliphatic carboxylic acids is 1. The molecule has 174 valence electrons. The molecule has 0 aliphatic heterocycles. The van der Waals surface area contributed by atoms with E-state index in [2.05, 4.69) is 19.9 Å². The summed E-state index contributed by atoms with van der Waals surface area (Å²) in [6.07, 6.45) is 9.03. The van der Waals surface area contributed by atoms with E-state index in [4.69, 9.17) is 4.74 Å². The van der Waals surface area contributed by atoms with E-state index in [1.807, 2.05) is 13.8 Å². The fraction of sp³-hybridized carbons (Fsp3) is 0.846. The molecule has 5 heteroatoms. The van der Waals surface area contributed by atoms with Crippen LogP contribution in [0.4, 0.5) is 0 Å². The van der Waals surface area contributed by atoms with Crippen LogP contribution in [0.5, 0.6) is 0 Å². The average Bonchev–Trinajstić information content (AvgIpc) is 3.25. The maximum absolute atomic E-state index is 13.3. The van der Waals surface area contributed by atoms with E-state index in [-0.39, 0.29) is 29.6 Å². The smallest absolute Gasteiger partial charge is 0.315 e. The van der Waals surface area contributed by atoms with Crippen LogP contribution in [0.15, 0.2) is 11.6 Å². The molecule has 0 aromatic heterocycles. The van der Waals surface area contributed by atoms with Gasteiger partial charge >= 0.3 is 5.97 Å². The second-order valence-electron chi connectivity index (χ2n) is 11.2. The standard InChI is InChI=1S/C26H40O5/c1-5-6-7-8-9-31-15-25-13-19-17(4)22(28)11-21(19)24(14-27)12-18(25)10-20(16(2)3)26(24,25)23(29)30/h10,14,16-19,21-22,28H,5-9,11-13,15H2,1-4H3,(H,29,30)/t17-,18-,19+,21+,22-,24-,25-,26-/m0/s1. The summed E-state index contributed by atoms with van der Waals surface area (Å²) in [6.45, 7) is 9.39. The van der Waals surface area contributed by atoms with Crippen molar-refractivity contribution >= 4 is 12.3 Å². The number of carbonyl (C=O) groups excluding carboxylic acids is 1. The quantitative estimate of drug-likeness (QED) is 0.302. The molecule has 4 rings (SSSR count). The summed E-state index contributed by atoms with van der Waals surface area (Å²) in [7, 11) is 0. The Morgan fingerprint density at radius 2 is 2.03 bits per heavy atom. The van der Waals surface area contributed by atoms with Gasteiger partial charge in [0.1, 0.15) is 11.7 Å². The Hall–Kier alpha value is -1.20. The molecule has 3 saturated carbocycles. The number of hydrogen-bond acceptors (Lipinski definition) is 4. The van der Waals surface area contributed by atoms with Crippen LogP contribution in [0.25, 0.3) is 0 Å². The van der Waals surface area contributed by atoms with Crippen LogP contribution in [-0.4, -0.2) is 41.8 Å². The highest BCUT2D eigenvalue weighted by Crippen LogP contribution is 2.82. The molecule has 0 radical (unpaired) electrons. The predicted octanol–water partition coefficient (Wildman–Crippen LogP) is 4.48. The van der Waals surface area contributed by atoms with Crippen molar-refractivity contribution in [2.45, 2.75) is 78.7 Å². The lowest BCUT2D eigenvalue weighted by molar-refractivity contribution is -0.186. The Kier molecular flexibility index (Phi) is 5.92. The molecule has 4 bridgehead atoms. The van der Waals surface area contributed by atoms with Crippen molar-refractivity contribution in [2.24, 2.45) is 45.8 Å². The van der Waals surface area contributed by atoms with E-state index in [0.717, 1.165) is 31.1 Å². The predicted molar refractivity (Wildman–Crippen MR) is 118 cm³/mol. The number of fused-ring (bicyclic) bond motifs is 2. The first kappa shape index (κ1) is 23.0. The molecule has 0 unspecified atom stereocenters. The molecule has 3 fully saturated rings. The third-order valence-corrected chi connectivity index (χ3v) is 9.74. The highest BCUT2D eigenvalue weighted by atomic mass is 16.5. The first-order valence-electron chi connectivity index (χ1n) is 12.4. The molecule has 0 saturated heterocycles. The molecule has 4 aliphatic rings. The van der Waals surface area contributed by atoms with Gasteiger partial charge in [0.2, 0.25) is 0 Å². The van der Waals surface area contributed by atoms with Crippen LogP contribution in [0, 0.1) is 45.8 Å². The van der Waals surface area contributed by atoms with Crippen LogP contribution in [-0.2, 0) is 14.3 Å². The highest BCUT2D eigenvalue weighted by Gasteiger charge is 2.84. The van der Waals surface area contributed by atoms with Crippen molar-refractivity contribution in [1.82, 2.24) is 0 Å². The average molecular weight is 433 g/mol. The van der Waals surface area contributed by atoms with Gasteiger partial charge < -0.3 is 19.7 Å². The number of aldehydes is 1. The van der Waals surface area contributed by atoms with Crippen molar-refractivity contribution in [3.63, 3.8) is 0 Å². The van der Waals surface area contributed by atoms with Crippen LogP contribution in [0.3, 0.4) is 0 Å². The summed E-state index contributed by atoms with van der Waals surface area (Å²) < 4.78 is 6.25. The maximum atomic E-state index is 13.3. The molecule has 5 nitrogen and oxygen atoms in total. The minimum absolute atomic E-state index is 0.0526. The number of hydrogen-bond donors (Lipinski definition) is 2. The molecule has 31 heavy (non-hydrogen) atoms. The largest absolute Gasteiger partial charge is 0.481 e. The van der Waals surface area contributed by atoms with Gasteiger partial charge in [0.05, 0.1) is 18.1 Å². The highest BCUT2D eigenvalue weighted by molar-refractivity contribution is 5.90. The summed E-state index contributed by atoms with van der Waals surface area (Å²) in [6, 6.07) is 0. The van der Waals surface area contributed by atoms with Crippen molar-refractivity contribution < 1.29 is 24.5 Å². The lowest BCUT2D eigenvalue weighted by Crippen LogP contribution is -2.63. The van der Waals surface area contributed by atoms with Gasteiger partial charge in [0.25, 0.3) is 0 Å². The fourth-order valence-corrected chi connectivity index (χ4v) is 8.49. The SMILES string of the molecule is CCCCCCOC[C@@]12C[C@@H]3[C@H](C)[C@@H](O)C[C@H]3[C@@]3(C=O)C[C@@H]1C=C(C(C)C)[C@@]23C(=O)O. The molecular formula is C26H40O5. The maximum Gasteiger partial charge on any atom is 0.315 e. The summed E-state index contributed by atoms with van der Waals surface area (Å²) in [4.78, 5) is 26.2. The normalized spacial score (nSPS) is 45.1. The van der Waals surface area contributed by atoms with E-state index >= 15 is 0 Å². The van der Waals surface area contributed by atoms with Crippen LogP contribution in [0.2, 0.25) is 0 Å². The van der Waals surface area contributed by atoms with E-state index in [1.54, 1.807) is 0 Å². The van der Waals surface area contributed by atoms with E-state index < -0.39 is 28.3 Å². The third kappa shape index (κ3) is 2.75. The van der Waals surface area contributed by atoms with Gasteiger partial charge in [0.15, 0.2) is 0 Å². The second kappa shape index (κ2) is 7.98. The minimum atomic E-state index is -1.21. The number of allylic oxidation sites excluding steroid dienone is 1. The van der Waals surface area contributed by atoms with Gasteiger partial charge in [0, 0.05) is 12.0 Å². The number of aliphatic hydroxyl groups is 1. The molecule has 0 aromatic carbocycles. The Bertz CT molecular complexity index is 759. The van der Waals surface area contributed by atoms with E-state index in [9.17, 15) is 19.8 Å². The summed E-state index contributed by atoms with van der Waals surface area (Å²) >= 11 is 0. The number of ether oxygens (including phenoxy) is 1. The summed E-state index contributed by atoms with van der Waals surface area (Å²) in [5.74, 6) is -0.569. The molecule has 2 N–H and O–H groups in total. The molecular weight excluding hydrogens is 392 g/mol. The number of carbonyl (C=O) groups is 2. The van der Waals surface area contributed by atoms with Gasteiger partial charge in [-0.25, -0.2) is 0 Å². The molecule has 0 heterocycles. The van der Waals surface area contributed by atoms with Gasteiger partial charge in [-0.05, 0) is 55.3 Å². The molecule has 4 aliphatic carbocycles. The number of carboxylic acids is 1. The lowest BCUT2D eigenvalue weighted by atomic mass is 9.43. The summed E-state index contributed by atoms with van der Waals surface area (Å²) in [5.41, 5.74) is -1.83. The monoisotopic (exact) mass is 432 g/mol. The van der Waals surface area contributed by atoms with Crippen molar-refractivity contribution in [3.8, 4) is 0 Å². The number of carboxylic acid groups (broad SMARTS) is 1. The Labute approximate surface area is 186 Å². The van der Waals surface area contributed by atoms with Gasteiger partial charge in [-0.3, -0.25) is 4.79 Å². The minimum Gasteiger partial charge on any atom is -0.481 e. The zero-order valence-electron chi connectivity index (χ0n) is 19.6. The Balaban J connectivity index is 1.77. The lowest BCUT2D eigenvalue weighted by Gasteiger charge is -2.58. The molecule has 8 atom stereocenters. The van der Waals surface area contributed by atoms with Gasteiger partial charge in [-0.15, -0.1) is 0 Å². The van der Waals surface area contributed by atoms with E-state index in [0.29, 0.717) is 26.1 Å². The van der Waals surface area contributed by atoms with Crippen molar-refractivity contribution in [2.75, 3.05) is 13.2 Å². The zero-order valence-corrected chi connectivity index (χ0v) is 19.6. The third-order valence-electron chi connectivity index (χ3n) is 9.74. The van der Waals surface area contributed by atoms with Crippen LogP contribution < -0.4 is 0 Å². The fourth-order valence-electron chi connectivity index (χ4n) is 8.49. The Morgan fingerprint density at radius 3 is 2.65 bits per heavy atom. The first-order valence-corrected chi connectivity index (χ1v) is 12.4. The Morgan fingerprint density at radius 1 is 1.29 bits per heavy atom. The topological polar surface area (TPSA) is 83.8 Å². The second-order valence-corrected chi connectivity index (χ2v) is 11.2. The molecule has 0 spiro atoms. The first-order chi connectivity index (χ1) is 14.7. The van der Waals surface area contributed by atoms with Crippen LogP contribution >= 0.6 is 0 Å². The van der Waals surface area contributed by atoms with Crippen molar-refractivity contribution in [1.29, 1.82) is 0 Å². The zero-order chi connectivity index (χ0) is 22.6. The van der Waals surface area contributed by atoms with E-state index in [1.165, 1.54) is 12.8 Å². The molecule has 0 amide bonds. The van der Waals surface area contributed by atoms with Crippen molar-refractivity contribution in [3.05, 3.63) is 11.6 Å². The number of unbranched alkanes of at least 4 members (excludes halogenated alkanes) is 3. The number of aliphatic hydroxyl groups excluding tert-OH is 1.